The Morgan fingerprint density at radius 3 is 3.19 bits per heavy atom. The smallest absolute Gasteiger partial charge is 0.273 e. The molecule has 0 bridgehead atoms. The number of aryl methyl sites for hydroxylation is 1. The average Bonchev–Trinajstić information content (AvgIpc) is 3.17. The van der Waals surface area contributed by atoms with E-state index in [1.54, 1.807) is 6.26 Å². The molecule has 3 heterocycles. The van der Waals surface area contributed by atoms with E-state index in [0.29, 0.717) is 5.69 Å². The Bertz CT molecular complexity index is 621. The van der Waals surface area contributed by atoms with E-state index in [1.807, 2.05) is 31.0 Å². The first-order valence-electron chi connectivity index (χ1n) is 7.17. The summed E-state index contributed by atoms with van der Waals surface area (Å²) in [6.45, 7) is 3.60. The summed E-state index contributed by atoms with van der Waals surface area (Å²) in [5, 5.41) is 3.93. The van der Waals surface area contributed by atoms with Gasteiger partial charge in [-0.2, -0.15) is 0 Å². The fourth-order valence-corrected chi connectivity index (χ4v) is 3.66. The van der Waals surface area contributed by atoms with Crippen molar-refractivity contribution in [1.29, 1.82) is 0 Å². The van der Waals surface area contributed by atoms with Gasteiger partial charge in [-0.1, -0.05) is 0 Å². The molecular weight excluding hydrogens is 286 g/mol. The number of hydrogen-bond donors (Lipinski definition) is 1. The number of carbonyl (C=O) groups is 1. The van der Waals surface area contributed by atoms with Crippen molar-refractivity contribution in [1.82, 2.24) is 15.2 Å². The van der Waals surface area contributed by atoms with Gasteiger partial charge in [0.2, 0.25) is 0 Å². The first-order valence-corrected chi connectivity index (χ1v) is 7.99. The molecule has 0 saturated carbocycles. The normalized spacial score (nSPS) is 18.4. The minimum Gasteiger partial charge on any atom is -0.462 e. The molecule has 0 aromatic carbocycles. The van der Waals surface area contributed by atoms with E-state index < -0.39 is 0 Å². The molecule has 2 aromatic heterocycles. The van der Waals surface area contributed by atoms with Crippen LogP contribution in [0.25, 0.3) is 10.8 Å². The maximum Gasteiger partial charge on any atom is 0.273 e. The molecule has 0 radical (unpaired) electrons. The lowest BCUT2D eigenvalue weighted by Gasteiger charge is -2.23. The number of nitrogens with one attached hydrogen (secondary N) is 1. The van der Waals surface area contributed by atoms with Crippen molar-refractivity contribution in [3.63, 3.8) is 0 Å². The van der Waals surface area contributed by atoms with Crippen LogP contribution in [0, 0.1) is 6.92 Å². The van der Waals surface area contributed by atoms with E-state index in [9.17, 15) is 4.79 Å². The highest BCUT2D eigenvalue weighted by atomic mass is 32.1. The van der Waals surface area contributed by atoms with Gasteiger partial charge in [-0.05, 0) is 38.9 Å². The van der Waals surface area contributed by atoms with Crippen molar-refractivity contribution < 1.29 is 9.21 Å². The molecule has 112 valence electrons. The number of rotatable bonds is 4. The SMILES string of the molecule is CNCC1CCCN1C(=O)c1nc(-c2ccco2)sc1C. The molecule has 2 aromatic rings. The molecule has 6 heteroatoms. The van der Waals surface area contributed by atoms with Gasteiger partial charge < -0.3 is 14.6 Å². The van der Waals surface area contributed by atoms with Crippen LogP contribution in [0.15, 0.2) is 22.8 Å². The third-order valence-electron chi connectivity index (χ3n) is 3.81. The van der Waals surface area contributed by atoms with Crippen LogP contribution < -0.4 is 5.32 Å². The van der Waals surface area contributed by atoms with E-state index in [2.05, 4.69) is 10.3 Å². The van der Waals surface area contributed by atoms with Gasteiger partial charge in [-0.25, -0.2) is 4.98 Å². The highest BCUT2D eigenvalue weighted by Crippen LogP contribution is 2.29. The molecule has 0 aliphatic carbocycles. The summed E-state index contributed by atoms with van der Waals surface area (Å²) in [6.07, 6.45) is 3.74. The lowest BCUT2D eigenvalue weighted by molar-refractivity contribution is 0.0731. The number of nitrogens with zero attached hydrogens (tertiary/aromatic N) is 2. The molecule has 1 atom stereocenters. The number of likely N-dealkylation sites (N-methyl/N-ethyl adjacent to an activating group) is 1. The monoisotopic (exact) mass is 305 g/mol. The maximum atomic E-state index is 12.7. The predicted molar refractivity (Wildman–Crippen MR) is 82.5 cm³/mol. The third kappa shape index (κ3) is 2.73. The Kier molecular flexibility index (Phi) is 4.07. The van der Waals surface area contributed by atoms with E-state index in [1.165, 1.54) is 11.3 Å². The van der Waals surface area contributed by atoms with Gasteiger partial charge >= 0.3 is 0 Å². The highest BCUT2D eigenvalue weighted by Gasteiger charge is 2.31. The van der Waals surface area contributed by atoms with Crippen LogP contribution >= 0.6 is 11.3 Å². The molecule has 1 unspecified atom stereocenters. The van der Waals surface area contributed by atoms with Crippen LogP contribution in [-0.4, -0.2) is 42.0 Å². The van der Waals surface area contributed by atoms with Crippen molar-refractivity contribution in [2.24, 2.45) is 0 Å². The number of furan rings is 1. The van der Waals surface area contributed by atoms with Crippen LogP contribution in [0.5, 0.6) is 0 Å². The number of aromatic nitrogens is 1. The first kappa shape index (κ1) is 14.3. The summed E-state index contributed by atoms with van der Waals surface area (Å²) in [5.41, 5.74) is 0.564. The van der Waals surface area contributed by atoms with Crippen molar-refractivity contribution in [2.45, 2.75) is 25.8 Å². The molecule has 1 fully saturated rings. The van der Waals surface area contributed by atoms with Crippen molar-refractivity contribution in [3.05, 3.63) is 29.0 Å². The highest BCUT2D eigenvalue weighted by molar-refractivity contribution is 7.15. The average molecular weight is 305 g/mol. The summed E-state index contributed by atoms with van der Waals surface area (Å²) in [6, 6.07) is 3.97. The minimum atomic E-state index is 0.0410. The predicted octanol–water partition coefficient (Wildman–Crippen LogP) is 2.54. The van der Waals surface area contributed by atoms with Gasteiger partial charge in [0.1, 0.15) is 5.69 Å². The summed E-state index contributed by atoms with van der Waals surface area (Å²) in [4.78, 5) is 20.1. The minimum absolute atomic E-state index is 0.0410. The molecule has 0 spiro atoms. The van der Waals surface area contributed by atoms with Gasteiger partial charge in [0.15, 0.2) is 10.8 Å². The number of thiazole rings is 1. The molecule has 3 rings (SSSR count). The Balaban J connectivity index is 1.85. The lowest BCUT2D eigenvalue weighted by atomic mass is 10.2. The summed E-state index contributed by atoms with van der Waals surface area (Å²) >= 11 is 1.51. The van der Waals surface area contributed by atoms with Crippen molar-refractivity contribution in [3.8, 4) is 10.8 Å². The Hall–Kier alpha value is -1.66. The lowest BCUT2D eigenvalue weighted by Crippen LogP contribution is -2.41. The summed E-state index contributed by atoms with van der Waals surface area (Å²) in [5.74, 6) is 0.759. The van der Waals surface area contributed by atoms with Gasteiger partial charge in [-0.3, -0.25) is 4.79 Å². The third-order valence-corrected chi connectivity index (χ3v) is 4.79. The van der Waals surface area contributed by atoms with Crippen LogP contribution in [0.2, 0.25) is 0 Å². The fourth-order valence-electron chi connectivity index (χ4n) is 2.79. The zero-order valence-electron chi connectivity index (χ0n) is 12.3. The van der Waals surface area contributed by atoms with Gasteiger partial charge in [0, 0.05) is 24.0 Å². The van der Waals surface area contributed by atoms with E-state index >= 15 is 0 Å². The molecule has 1 saturated heterocycles. The van der Waals surface area contributed by atoms with Crippen LogP contribution in [-0.2, 0) is 0 Å². The number of likely N-dealkylation sites (tertiary alicyclic amines) is 1. The Labute approximate surface area is 128 Å². The summed E-state index contributed by atoms with van der Waals surface area (Å²) in [7, 11) is 1.92. The second-order valence-corrected chi connectivity index (χ2v) is 6.46. The summed E-state index contributed by atoms with van der Waals surface area (Å²) < 4.78 is 5.37. The van der Waals surface area contributed by atoms with E-state index in [-0.39, 0.29) is 11.9 Å². The molecule has 1 aliphatic heterocycles. The largest absolute Gasteiger partial charge is 0.462 e. The van der Waals surface area contributed by atoms with Gasteiger partial charge in [0.25, 0.3) is 5.91 Å². The topological polar surface area (TPSA) is 58.4 Å². The second kappa shape index (κ2) is 5.99. The van der Waals surface area contributed by atoms with Crippen LogP contribution in [0.3, 0.4) is 0 Å². The second-order valence-electron chi connectivity index (χ2n) is 5.25. The van der Waals surface area contributed by atoms with Crippen LogP contribution in [0.4, 0.5) is 0 Å². The molecule has 5 nitrogen and oxygen atoms in total. The molecule has 21 heavy (non-hydrogen) atoms. The Morgan fingerprint density at radius 2 is 2.48 bits per heavy atom. The molecule has 1 N–H and O–H groups in total. The first-order chi connectivity index (χ1) is 10.2. The Morgan fingerprint density at radius 1 is 1.62 bits per heavy atom. The van der Waals surface area contributed by atoms with Gasteiger partial charge in [0.05, 0.1) is 6.26 Å². The van der Waals surface area contributed by atoms with Gasteiger partial charge in [-0.15, -0.1) is 11.3 Å². The van der Waals surface area contributed by atoms with E-state index in [4.69, 9.17) is 4.42 Å². The fraction of sp³-hybridized carbons (Fsp3) is 0.467. The molecule has 1 amide bonds. The molecular formula is C15H19N3O2S. The quantitative estimate of drug-likeness (QED) is 0.943. The zero-order valence-corrected chi connectivity index (χ0v) is 13.1. The standard InChI is InChI=1S/C15H19N3O2S/c1-10-13(17-14(21-10)12-6-4-8-20-12)15(19)18-7-3-5-11(18)9-16-2/h4,6,8,11,16H,3,5,7,9H2,1-2H3. The van der Waals surface area contributed by atoms with E-state index in [0.717, 1.165) is 41.6 Å². The number of carbonyl (C=O) groups excluding carboxylic acids is 1. The van der Waals surface area contributed by atoms with Crippen molar-refractivity contribution >= 4 is 17.2 Å². The van der Waals surface area contributed by atoms with Crippen LogP contribution in [0.1, 0.15) is 28.2 Å². The zero-order chi connectivity index (χ0) is 14.8. The molecule has 1 aliphatic rings. The maximum absolute atomic E-state index is 12.7. The number of amides is 1. The number of hydrogen-bond acceptors (Lipinski definition) is 5. The van der Waals surface area contributed by atoms with Crippen molar-refractivity contribution in [2.75, 3.05) is 20.1 Å².